The SMILES string of the molecule is COC(=O)c1c[nH]c2ccc(C#CCNC(=O)OCC3c4ccccc4-c4ccccc43)cc12. The number of ether oxygens (including phenoxy) is 2. The van der Waals surface area contributed by atoms with Gasteiger partial charge in [0.15, 0.2) is 0 Å². The maximum absolute atomic E-state index is 12.3. The molecule has 168 valence electrons. The number of methoxy groups -OCH3 is 1. The molecule has 2 N–H and O–H groups in total. The van der Waals surface area contributed by atoms with E-state index in [1.54, 1.807) is 6.20 Å². The van der Waals surface area contributed by atoms with Crippen molar-refractivity contribution in [2.24, 2.45) is 0 Å². The molecule has 1 aliphatic rings. The van der Waals surface area contributed by atoms with E-state index in [2.05, 4.69) is 46.4 Å². The Balaban J connectivity index is 1.20. The van der Waals surface area contributed by atoms with E-state index in [0.717, 1.165) is 16.5 Å². The molecule has 6 nitrogen and oxygen atoms in total. The lowest BCUT2D eigenvalue weighted by atomic mass is 9.98. The van der Waals surface area contributed by atoms with E-state index in [-0.39, 0.29) is 19.1 Å². The number of benzene rings is 3. The summed E-state index contributed by atoms with van der Waals surface area (Å²) in [7, 11) is 1.35. The fourth-order valence-corrected chi connectivity index (χ4v) is 4.39. The Morgan fingerprint density at radius 1 is 1.00 bits per heavy atom. The van der Waals surface area contributed by atoms with Crippen LogP contribution in [0, 0.1) is 11.8 Å². The largest absolute Gasteiger partial charge is 0.465 e. The van der Waals surface area contributed by atoms with Crippen LogP contribution in [0.4, 0.5) is 4.79 Å². The summed E-state index contributed by atoms with van der Waals surface area (Å²) in [5.74, 6) is 5.53. The minimum Gasteiger partial charge on any atom is -0.465 e. The Kier molecular flexibility index (Phi) is 5.75. The summed E-state index contributed by atoms with van der Waals surface area (Å²) in [6.45, 7) is 0.402. The Labute approximate surface area is 196 Å². The normalized spacial score (nSPS) is 11.8. The zero-order chi connectivity index (χ0) is 23.5. The molecular formula is C28H22N2O4. The Morgan fingerprint density at radius 2 is 1.71 bits per heavy atom. The zero-order valence-corrected chi connectivity index (χ0v) is 18.6. The minimum absolute atomic E-state index is 0.0151. The molecule has 6 heteroatoms. The fourth-order valence-electron chi connectivity index (χ4n) is 4.39. The molecular weight excluding hydrogens is 428 g/mol. The molecule has 1 aliphatic carbocycles. The van der Waals surface area contributed by atoms with Crippen molar-refractivity contribution in [3.8, 4) is 23.0 Å². The standard InChI is InChI=1S/C28H22N2O4/c1-33-27(31)24-16-30-26-13-12-18(15-23(24)26)7-6-14-29-28(32)34-17-25-21-10-4-2-8-19(21)20-9-3-5-11-22(20)25/h2-5,8-13,15-16,25,30H,14,17H2,1H3,(H,29,32). The highest BCUT2D eigenvalue weighted by Gasteiger charge is 2.28. The lowest BCUT2D eigenvalue weighted by Crippen LogP contribution is -2.26. The summed E-state index contributed by atoms with van der Waals surface area (Å²) in [6, 6.07) is 21.9. The molecule has 0 saturated heterocycles. The van der Waals surface area contributed by atoms with Crippen LogP contribution in [0.15, 0.2) is 72.9 Å². The first-order valence-electron chi connectivity index (χ1n) is 10.9. The number of hydrogen-bond acceptors (Lipinski definition) is 4. The van der Waals surface area contributed by atoms with Crippen molar-refractivity contribution >= 4 is 23.0 Å². The maximum atomic E-state index is 12.3. The maximum Gasteiger partial charge on any atom is 0.407 e. The van der Waals surface area contributed by atoms with Gasteiger partial charge in [0, 0.05) is 28.6 Å². The van der Waals surface area contributed by atoms with Gasteiger partial charge in [-0.05, 0) is 40.5 Å². The average Bonchev–Trinajstić information content (AvgIpc) is 3.44. The summed E-state index contributed by atoms with van der Waals surface area (Å²) in [6.07, 6.45) is 1.11. The lowest BCUT2D eigenvalue weighted by Gasteiger charge is -2.14. The number of nitrogens with one attached hydrogen (secondary N) is 2. The van der Waals surface area contributed by atoms with Crippen molar-refractivity contribution in [3.63, 3.8) is 0 Å². The van der Waals surface area contributed by atoms with Gasteiger partial charge in [0.25, 0.3) is 0 Å². The van der Waals surface area contributed by atoms with Gasteiger partial charge < -0.3 is 19.8 Å². The number of rotatable bonds is 4. The third-order valence-corrected chi connectivity index (χ3v) is 5.98. The molecule has 1 amide bonds. The van der Waals surface area contributed by atoms with Crippen molar-refractivity contribution < 1.29 is 19.1 Å². The third-order valence-electron chi connectivity index (χ3n) is 5.98. The predicted molar refractivity (Wildman–Crippen MR) is 130 cm³/mol. The highest BCUT2D eigenvalue weighted by atomic mass is 16.5. The number of aromatic nitrogens is 1. The summed E-state index contributed by atoms with van der Waals surface area (Å²) in [5, 5.41) is 3.42. The molecule has 0 aliphatic heterocycles. The summed E-state index contributed by atoms with van der Waals surface area (Å²) in [5.41, 5.74) is 6.72. The molecule has 0 unspecified atom stereocenters. The number of aromatic amines is 1. The molecule has 1 heterocycles. The molecule has 34 heavy (non-hydrogen) atoms. The topological polar surface area (TPSA) is 80.4 Å². The number of alkyl carbamates (subject to hydrolysis) is 1. The number of carbonyl (C=O) groups excluding carboxylic acids is 2. The summed E-state index contributed by atoms with van der Waals surface area (Å²) < 4.78 is 10.3. The third kappa shape index (κ3) is 4.00. The molecule has 0 saturated carbocycles. The van der Waals surface area contributed by atoms with E-state index in [1.807, 2.05) is 42.5 Å². The van der Waals surface area contributed by atoms with Crippen LogP contribution in [0.5, 0.6) is 0 Å². The minimum atomic E-state index is -0.509. The van der Waals surface area contributed by atoms with Crippen LogP contribution in [0.2, 0.25) is 0 Å². The smallest absolute Gasteiger partial charge is 0.407 e. The second-order valence-electron chi connectivity index (χ2n) is 7.94. The molecule has 0 bridgehead atoms. The first-order valence-corrected chi connectivity index (χ1v) is 10.9. The van der Waals surface area contributed by atoms with Crippen molar-refractivity contribution in [1.29, 1.82) is 0 Å². The van der Waals surface area contributed by atoms with Gasteiger partial charge >= 0.3 is 12.1 Å². The van der Waals surface area contributed by atoms with Crippen molar-refractivity contribution in [3.05, 3.63) is 95.2 Å². The van der Waals surface area contributed by atoms with Crippen molar-refractivity contribution in [2.75, 3.05) is 20.3 Å². The molecule has 0 fully saturated rings. The van der Waals surface area contributed by atoms with E-state index in [1.165, 1.54) is 29.4 Å². The van der Waals surface area contributed by atoms with Crippen molar-refractivity contribution in [2.45, 2.75) is 5.92 Å². The van der Waals surface area contributed by atoms with E-state index in [0.29, 0.717) is 5.56 Å². The van der Waals surface area contributed by atoms with E-state index in [4.69, 9.17) is 9.47 Å². The van der Waals surface area contributed by atoms with Crippen LogP contribution in [-0.4, -0.2) is 37.3 Å². The second kappa shape index (κ2) is 9.16. The van der Waals surface area contributed by atoms with Crippen molar-refractivity contribution in [1.82, 2.24) is 10.3 Å². The molecule has 0 radical (unpaired) electrons. The fraction of sp³-hybridized carbons (Fsp3) is 0.143. The summed E-state index contributed by atoms with van der Waals surface area (Å²) in [4.78, 5) is 27.2. The van der Waals surface area contributed by atoms with Gasteiger partial charge in [-0.2, -0.15) is 0 Å². The number of hydrogen-bond donors (Lipinski definition) is 2. The average molecular weight is 450 g/mol. The molecule has 0 spiro atoms. The Morgan fingerprint density at radius 3 is 2.41 bits per heavy atom. The number of fused-ring (bicyclic) bond motifs is 4. The van der Waals surface area contributed by atoms with Gasteiger partial charge in [-0.1, -0.05) is 60.4 Å². The van der Waals surface area contributed by atoms with Gasteiger partial charge in [-0.25, -0.2) is 9.59 Å². The highest BCUT2D eigenvalue weighted by Crippen LogP contribution is 2.44. The molecule has 0 atom stereocenters. The number of H-pyrrole nitrogens is 1. The quantitative estimate of drug-likeness (QED) is 0.344. The lowest BCUT2D eigenvalue weighted by molar-refractivity contribution is 0.0603. The van der Waals surface area contributed by atoms with E-state index < -0.39 is 12.1 Å². The highest BCUT2D eigenvalue weighted by molar-refractivity contribution is 6.04. The van der Waals surface area contributed by atoms with Gasteiger partial charge in [0.1, 0.15) is 6.61 Å². The van der Waals surface area contributed by atoms with Crippen LogP contribution in [-0.2, 0) is 9.47 Å². The van der Waals surface area contributed by atoms with Crippen LogP contribution in [0.25, 0.3) is 22.0 Å². The first-order chi connectivity index (χ1) is 16.7. The Bertz CT molecular complexity index is 1410. The Hall–Kier alpha value is -4.50. The van der Waals surface area contributed by atoms with Crippen LogP contribution >= 0.6 is 0 Å². The number of carbonyl (C=O) groups is 2. The molecule has 5 rings (SSSR count). The van der Waals surface area contributed by atoms with Crippen LogP contribution in [0.1, 0.15) is 33.0 Å². The van der Waals surface area contributed by atoms with E-state index >= 15 is 0 Å². The predicted octanol–water partition coefficient (Wildman–Crippen LogP) is 4.84. The van der Waals surface area contributed by atoms with E-state index in [9.17, 15) is 9.59 Å². The summed E-state index contributed by atoms with van der Waals surface area (Å²) >= 11 is 0. The number of esters is 1. The monoisotopic (exact) mass is 450 g/mol. The number of amides is 1. The first kappa shape index (κ1) is 21.4. The van der Waals surface area contributed by atoms with Gasteiger partial charge in [0.2, 0.25) is 0 Å². The zero-order valence-electron chi connectivity index (χ0n) is 18.6. The van der Waals surface area contributed by atoms with Crippen LogP contribution in [0.3, 0.4) is 0 Å². The van der Waals surface area contributed by atoms with Gasteiger partial charge in [-0.3, -0.25) is 0 Å². The molecule has 1 aromatic heterocycles. The van der Waals surface area contributed by atoms with Crippen LogP contribution < -0.4 is 5.32 Å². The second-order valence-corrected chi connectivity index (χ2v) is 7.94. The molecule has 4 aromatic rings. The van der Waals surface area contributed by atoms with Gasteiger partial charge in [-0.15, -0.1) is 0 Å². The van der Waals surface area contributed by atoms with Gasteiger partial charge in [0.05, 0.1) is 19.2 Å². The molecule has 3 aromatic carbocycles.